The van der Waals surface area contributed by atoms with Crippen molar-refractivity contribution in [3.63, 3.8) is 0 Å². The second-order valence-electron chi connectivity index (χ2n) is 5.85. The van der Waals surface area contributed by atoms with Crippen LogP contribution in [-0.4, -0.2) is 12.0 Å². The molecular weight excluding hydrogens is 312 g/mol. The summed E-state index contributed by atoms with van der Waals surface area (Å²) in [7, 11) is 0. The van der Waals surface area contributed by atoms with E-state index in [0.717, 1.165) is 13.1 Å². The van der Waals surface area contributed by atoms with Gasteiger partial charge in [0.2, 0.25) is 0 Å². The third-order valence-electron chi connectivity index (χ3n) is 3.65. The minimum atomic E-state index is -0.145. The summed E-state index contributed by atoms with van der Waals surface area (Å²) in [5, 5.41) is 6.62. The van der Waals surface area contributed by atoms with Crippen LogP contribution in [0, 0.1) is 0 Å². The van der Waals surface area contributed by atoms with Crippen LogP contribution in [0.2, 0.25) is 5.02 Å². The number of hydrogen-bond donors (Lipinski definition) is 2. The van der Waals surface area contributed by atoms with Gasteiger partial charge in [-0.15, -0.1) is 0 Å². The Balaban J connectivity index is 1.74. The molecule has 0 aliphatic carbocycles. The maximum Gasteiger partial charge on any atom is 0.255 e. The molecule has 2 aromatic rings. The summed E-state index contributed by atoms with van der Waals surface area (Å²) in [4.78, 5) is 12.4. The van der Waals surface area contributed by atoms with Gasteiger partial charge in [0.1, 0.15) is 5.75 Å². The fourth-order valence-electron chi connectivity index (χ4n) is 2.57. The van der Waals surface area contributed by atoms with Gasteiger partial charge in [-0.2, -0.15) is 0 Å². The van der Waals surface area contributed by atoms with Crippen molar-refractivity contribution in [3.8, 4) is 5.75 Å². The average molecular weight is 331 g/mol. The maximum absolute atomic E-state index is 12.4. The molecule has 3 rings (SSSR count). The zero-order valence-corrected chi connectivity index (χ0v) is 13.9. The molecule has 5 heteroatoms. The van der Waals surface area contributed by atoms with Gasteiger partial charge in [0.15, 0.2) is 0 Å². The molecule has 0 aromatic heterocycles. The Morgan fingerprint density at radius 1 is 1.17 bits per heavy atom. The molecular formula is C18H19ClN2O2. The summed E-state index contributed by atoms with van der Waals surface area (Å²) in [6, 6.07) is 11.0. The van der Waals surface area contributed by atoms with Gasteiger partial charge in [-0.25, -0.2) is 0 Å². The van der Waals surface area contributed by atoms with Crippen molar-refractivity contribution >= 4 is 23.2 Å². The number of carbonyl (C=O) groups excluding carboxylic acids is 1. The number of fused-ring (bicyclic) bond motifs is 1. The predicted molar refractivity (Wildman–Crippen MR) is 92.2 cm³/mol. The van der Waals surface area contributed by atoms with Crippen LogP contribution >= 0.6 is 11.6 Å². The first kappa shape index (κ1) is 15.8. The number of amides is 1. The standard InChI is InChI=1S/C18H19ClN2O2/c1-11(2)23-17-6-5-15(8-16(17)19)21-18(22)12-3-4-13-9-20-10-14(13)7-12/h3-8,11,20H,9-10H2,1-2H3,(H,21,22). The van der Waals surface area contributed by atoms with E-state index in [1.165, 1.54) is 11.1 Å². The SMILES string of the molecule is CC(C)Oc1ccc(NC(=O)c2ccc3c(c2)CNC3)cc1Cl. The van der Waals surface area contributed by atoms with Crippen molar-refractivity contribution in [1.29, 1.82) is 0 Å². The molecule has 0 unspecified atom stereocenters. The van der Waals surface area contributed by atoms with Crippen LogP contribution < -0.4 is 15.4 Å². The number of carbonyl (C=O) groups is 1. The van der Waals surface area contributed by atoms with E-state index in [2.05, 4.69) is 10.6 Å². The molecule has 4 nitrogen and oxygen atoms in total. The van der Waals surface area contributed by atoms with E-state index in [0.29, 0.717) is 22.0 Å². The summed E-state index contributed by atoms with van der Waals surface area (Å²) in [6.45, 7) is 5.55. The Hall–Kier alpha value is -2.04. The van der Waals surface area contributed by atoms with Gasteiger partial charge in [0, 0.05) is 24.3 Å². The molecule has 0 fully saturated rings. The molecule has 0 radical (unpaired) electrons. The maximum atomic E-state index is 12.4. The number of hydrogen-bond acceptors (Lipinski definition) is 3. The summed E-state index contributed by atoms with van der Waals surface area (Å²) in [6.07, 6.45) is 0.0490. The van der Waals surface area contributed by atoms with Gasteiger partial charge >= 0.3 is 0 Å². The number of rotatable bonds is 4. The van der Waals surface area contributed by atoms with Crippen molar-refractivity contribution in [1.82, 2.24) is 5.32 Å². The first-order chi connectivity index (χ1) is 11.0. The van der Waals surface area contributed by atoms with E-state index in [1.54, 1.807) is 18.2 Å². The first-order valence-corrected chi connectivity index (χ1v) is 8.01. The lowest BCUT2D eigenvalue weighted by Crippen LogP contribution is -2.12. The van der Waals surface area contributed by atoms with Crippen molar-refractivity contribution in [2.24, 2.45) is 0 Å². The Morgan fingerprint density at radius 3 is 2.70 bits per heavy atom. The molecule has 0 atom stereocenters. The van der Waals surface area contributed by atoms with Crippen LogP contribution in [0.1, 0.15) is 35.3 Å². The first-order valence-electron chi connectivity index (χ1n) is 7.63. The molecule has 23 heavy (non-hydrogen) atoms. The van der Waals surface area contributed by atoms with Crippen molar-refractivity contribution in [3.05, 3.63) is 58.1 Å². The predicted octanol–water partition coefficient (Wildman–Crippen LogP) is 3.98. The lowest BCUT2D eigenvalue weighted by atomic mass is 10.1. The van der Waals surface area contributed by atoms with E-state index < -0.39 is 0 Å². The van der Waals surface area contributed by atoms with Crippen LogP contribution in [0.25, 0.3) is 0 Å². The number of halogens is 1. The Bertz CT molecular complexity index is 744. The van der Waals surface area contributed by atoms with E-state index in [9.17, 15) is 4.79 Å². The molecule has 1 heterocycles. The summed E-state index contributed by atoms with van der Waals surface area (Å²) < 4.78 is 5.59. The van der Waals surface area contributed by atoms with Gasteiger partial charge in [0.05, 0.1) is 11.1 Å². The molecule has 1 aliphatic heterocycles. The molecule has 1 amide bonds. The monoisotopic (exact) mass is 330 g/mol. The van der Waals surface area contributed by atoms with Crippen molar-refractivity contribution in [2.75, 3.05) is 5.32 Å². The van der Waals surface area contributed by atoms with E-state index in [4.69, 9.17) is 16.3 Å². The van der Waals surface area contributed by atoms with Gasteiger partial charge < -0.3 is 15.4 Å². The zero-order chi connectivity index (χ0) is 16.4. The minimum Gasteiger partial charge on any atom is -0.489 e. The quantitative estimate of drug-likeness (QED) is 0.891. The summed E-state index contributed by atoms with van der Waals surface area (Å²) in [5.74, 6) is 0.469. The lowest BCUT2D eigenvalue weighted by Gasteiger charge is -2.13. The van der Waals surface area contributed by atoms with Crippen LogP contribution in [-0.2, 0) is 13.1 Å². The molecule has 2 aromatic carbocycles. The lowest BCUT2D eigenvalue weighted by molar-refractivity contribution is 0.102. The third-order valence-corrected chi connectivity index (χ3v) is 3.95. The van der Waals surface area contributed by atoms with Gasteiger partial charge in [-0.05, 0) is 55.3 Å². The van der Waals surface area contributed by atoms with Gasteiger partial charge in [-0.3, -0.25) is 4.79 Å². The van der Waals surface area contributed by atoms with Gasteiger partial charge in [-0.1, -0.05) is 17.7 Å². The highest BCUT2D eigenvalue weighted by atomic mass is 35.5. The Labute approximate surface area is 140 Å². The molecule has 2 N–H and O–H groups in total. The molecule has 0 saturated carbocycles. The fraction of sp³-hybridized carbons (Fsp3) is 0.278. The minimum absolute atomic E-state index is 0.0490. The smallest absolute Gasteiger partial charge is 0.255 e. The van der Waals surface area contributed by atoms with Crippen LogP contribution in [0.15, 0.2) is 36.4 Å². The second kappa shape index (κ2) is 6.60. The second-order valence-corrected chi connectivity index (χ2v) is 6.26. The summed E-state index contributed by atoms with van der Waals surface area (Å²) >= 11 is 6.20. The highest BCUT2D eigenvalue weighted by Crippen LogP contribution is 2.29. The Morgan fingerprint density at radius 2 is 1.96 bits per heavy atom. The molecule has 1 aliphatic rings. The number of anilines is 1. The summed E-state index contributed by atoms with van der Waals surface area (Å²) in [5.41, 5.74) is 3.72. The normalized spacial score (nSPS) is 13.0. The molecule has 0 saturated heterocycles. The molecule has 120 valence electrons. The Kier molecular flexibility index (Phi) is 4.55. The van der Waals surface area contributed by atoms with Crippen LogP contribution in [0.4, 0.5) is 5.69 Å². The van der Waals surface area contributed by atoms with Crippen LogP contribution in [0.5, 0.6) is 5.75 Å². The van der Waals surface area contributed by atoms with E-state index in [-0.39, 0.29) is 12.0 Å². The highest BCUT2D eigenvalue weighted by Gasteiger charge is 2.14. The third kappa shape index (κ3) is 3.66. The van der Waals surface area contributed by atoms with Gasteiger partial charge in [0.25, 0.3) is 5.91 Å². The average Bonchev–Trinajstić information content (AvgIpc) is 2.97. The number of nitrogens with one attached hydrogen (secondary N) is 2. The highest BCUT2D eigenvalue weighted by molar-refractivity contribution is 6.32. The largest absolute Gasteiger partial charge is 0.489 e. The topological polar surface area (TPSA) is 50.4 Å². The van der Waals surface area contributed by atoms with Crippen molar-refractivity contribution < 1.29 is 9.53 Å². The number of ether oxygens (including phenoxy) is 1. The number of benzene rings is 2. The van der Waals surface area contributed by atoms with Crippen LogP contribution in [0.3, 0.4) is 0 Å². The van der Waals surface area contributed by atoms with E-state index in [1.807, 2.05) is 32.0 Å². The van der Waals surface area contributed by atoms with Crippen molar-refractivity contribution in [2.45, 2.75) is 33.0 Å². The van der Waals surface area contributed by atoms with E-state index >= 15 is 0 Å². The molecule has 0 spiro atoms. The zero-order valence-electron chi connectivity index (χ0n) is 13.2. The fourth-order valence-corrected chi connectivity index (χ4v) is 2.79. The molecule has 0 bridgehead atoms.